The molecule has 1 aromatic carbocycles. The molecule has 0 heterocycles. The van der Waals surface area contributed by atoms with E-state index in [0.29, 0.717) is 13.0 Å². The van der Waals surface area contributed by atoms with Crippen molar-refractivity contribution in [2.75, 3.05) is 12.8 Å². The Bertz CT molecular complexity index is 342. The van der Waals surface area contributed by atoms with Crippen molar-refractivity contribution < 1.29 is 4.79 Å². The maximum Gasteiger partial charge on any atom is 0.219 e. The van der Waals surface area contributed by atoms with Crippen LogP contribution in [0.4, 0.5) is 0 Å². The fraction of sp³-hybridized carbons (Fsp3) is 0.417. The van der Waals surface area contributed by atoms with Crippen molar-refractivity contribution in [1.29, 1.82) is 0 Å². The average Bonchev–Trinajstić information content (AvgIpc) is 2.34. The second-order valence-electron chi connectivity index (χ2n) is 3.48. The van der Waals surface area contributed by atoms with Crippen LogP contribution in [0.1, 0.15) is 18.4 Å². The van der Waals surface area contributed by atoms with Crippen molar-refractivity contribution in [3.8, 4) is 0 Å². The maximum absolute atomic E-state index is 11.0. The Morgan fingerprint density at radius 2 is 2.31 bits per heavy atom. The molecule has 0 aliphatic rings. The molecule has 88 valence electrons. The molecule has 0 aliphatic heterocycles. The number of nitrogens with one attached hydrogen (secondary N) is 1. The minimum atomic E-state index is 0.108. The summed E-state index contributed by atoms with van der Waals surface area (Å²) >= 11 is 1.77. The van der Waals surface area contributed by atoms with Gasteiger partial charge < -0.3 is 11.1 Å². The first-order valence-electron chi connectivity index (χ1n) is 5.38. The lowest BCUT2D eigenvalue weighted by Gasteiger charge is -2.03. The van der Waals surface area contributed by atoms with E-state index >= 15 is 0 Å². The molecule has 0 saturated carbocycles. The number of carbonyl (C=O) groups excluding carboxylic acids is 1. The van der Waals surface area contributed by atoms with Gasteiger partial charge in [-0.3, -0.25) is 4.79 Å². The molecule has 0 aromatic heterocycles. The van der Waals surface area contributed by atoms with E-state index in [1.807, 2.05) is 12.1 Å². The highest BCUT2D eigenvalue weighted by molar-refractivity contribution is 7.99. The van der Waals surface area contributed by atoms with Gasteiger partial charge in [-0.1, -0.05) is 12.1 Å². The van der Waals surface area contributed by atoms with Gasteiger partial charge in [0, 0.05) is 24.9 Å². The molecule has 1 rings (SSSR count). The van der Waals surface area contributed by atoms with Crippen LogP contribution in [-0.4, -0.2) is 18.7 Å². The predicted octanol–water partition coefficient (Wildman–Crippen LogP) is 1.76. The average molecular weight is 238 g/mol. The Balaban J connectivity index is 2.28. The van der Waals surface area contributed by atoms with Crippen LogP contribution >= 0.6 is 11.8 Å². The van der Waals surface area contributed by atoms with Crippen molar-refractivity contribution in [3.63, 3.8) is 0 Å². The number of rotatable bonds is 6. The van der Waals surface area contributed by atoms with E-state index in [2.05, 4.69) is 17.4 Å². The van der Waals surface area contributed by atoms with Gasteiger partial charge in [-0.05, 0) is 29.9 Å². The first kappa shape index (κ1) is 13.1. The molecule has 0 unspecified atom stereocenters. The molecule has 0 fully saturated rings. The number of nitrogens with two attached hydrogens (primary N) is 1. The minimum absolute atomic E-state index is 0.108. The highest BCUT2D eigenvalue weighted by Crippen LogP contribution is 2.20. The summed E-state index contributed by atoms with van der Waals surface area (Å²) in [5.41, 5.74) is 6.72. The van der Waals surface area contributed by atoms with E-state index in [1.54, 1.807) is 18.8 Å². The molecular weight excluding hydrogens is 220 g/mol. The quantitative estimate of drug-likeness (QED) is 0.586. The zero-order chi connectivity index (χ0) is 11.8. The molecule has 16 heavy (non-hydrogen) atoms. The van der Waals surface area contributed by atoms with E-state index in [-0.39, 0.29) is 5.91 Å². The number of hydrogen-bond acceptors (Lipinski definition) is 3. The van der Waals surface area contributed by atoms with Gasteiger partial charge in [0.15, 0.2) is 0 Å². The first-order chi connectivity index (χ1) is 7.76. The third-order valence-electron chi connectivity index (χ3n) is 2.23. The van der Waals surface area contributed by atoms with Crippen LogP contribution in [0.3, 0.4) is 0 Å². The van der Waals surface area contributed by atoms with Crippen molar-refractivity contribution in [2.24, 2.45) is 5.73 Å². The van der Waals surface area contributed by atoms with Gasteiger partial charge in [0.05, 0.1) is 0 Å². The first-order valence-corrected chi connectivity index (χ1v) is 6.37. The van der Waals surface area contributed by atoms with Gasteiger partial charge in [0.25, 0.3) is 0 Å². The van der Waals surface area contributed by atoms with Crippen molar-refractivity contribution in [3.05, 3.63) is 29.8 Å². The van der Waals surface area contributed by atoms with Crippen LogP contribution in [0.25, 0.3) is 0 Å². The molecule has 0 spiro atoms. The lowest BCUT2D eigenvalue weighted by molar-refractivity contribution is -0.120. The summed E-state index contributed by atoms with van der Waals surface area (Å²) in [6.45, 7) is 0.576. The van der Waals surface area contributed by atoms with Crippen LogP contribution < -0.4 is 11.1 Å². The van der Waals surface area contributed by atoms with Gasteiger partial charge in [-0.25, -0.2) is 0 Å². The number of benzene rings is 1. The lowest BCUT2D eigenvalue weighted by atomic mass is 10.2. The monoisotopic (exact) mass is 238 g/mol. The summed E-state index contributed by atoms with van der Waals surface area (Å²) in [5, 5.41) is 2.62. The molecule has 0 saturated heterocycles. The van der Waals surface area contributed by atoms with E-state index in [4.69, 9.17) is 5.73 Å². The maximum atomic E-state index is 11.0. The molecule has 0 radical (unpaired) electrons. The molecule has 3 N–H and O–H groups in total. The lowest BCUT2D eigenvalue weighted by Crippen LogP contribution is -2.17. The summed E-state index contributed by atoms with van der Waals surface area (Å²) in [6, 6.07) is 8.21. The second-order valence-corrected chi connectivity index (χ2v) is 4.65. The highest BCUT2D eigenvalue weighted by Gasteiger charge is 1.99. The van der Waals surface area contributed by atoms with Crippen molar-refractivity contribution in [1.82, 2.24) is 5.32 Å². The largest absolute Gasteiger partial charge is 0.359 e. The molecular formula is C12H18N2OS. The van der Waals surface area contributed by atoms with Crippen LogP contribution in [-0.2, 0) is 11.3 Å². The summed E-state index contributed by atoms with van der Waals surface area (Å²) in [7, 11) is 1.67. The number of amides is 1. The topological polar surface area (TPSA) is 55.1 Å². The van der Waals surface area contributed by atoms with Crippen LogP contribution in [0.15, 0.2) is 29.2 Å². The molecule has 0 atom stereocenters. The molecule has 1 aromatic rings. The fourth-order valence-corrected chi connectivity index (χ4v) is 2.24. The molecule has 4 heteroatoms. The van der Waals surface area contributed by atoms with E-state index < -0.39 is 0 Å². The van der Waals surface area contributed by atoms with Crippen molar-refractivity contribution in [2.45, 2.75) is 24.3 Å². The van der Waals surface area contributed by atoms with Crippen molar-refractivity contribution >= 4 is 17.7 Å². The van der Waals surface area contributed by atoms with Gasteiger partial charge in [-0.2, -0.15) is 0 Å². The molecule has 1 amide bonds. The second kappa shape index (κ2) is 7.30. The van der Waals surface area contributed by atoms with Gasteiger partial charge >= 0.3 is 0 Å². The molecule has 0 bridgehead atoms. The van der Waals surface area contributed by atoms with Crippen LogP contribution in [0, 0.1) is 0 Å². The molecule has 0 aliphatic carbocycles. The Kier molecular flexibility index (Phi) is 5.96. The zero-order valence-electron chi connectivity index (χ0n) is 9.53. The van der Waals surface area contributed by atoms with Gasteiger partial charge in [-0.15, -0.1) is 11.8 Å². The third kappa shape index (κ3) is 4.68. The summed E-state index contributed by atoms with van der Waals surface area (Å²) in [4.78, 5) is 12.2. The van der Waals surface area contributed by atoms with E-state index in [9.17, 15) is 4.79 Å². The number of carbonyl (C=O) groups is 1. The van der Waals surface area contributed by atoms with E-state index in [1.165, 1.54) is 4.90 Å². The Hall–Kier alpha value is -1.00. The fourth-order valence-electron chi connectivity index (χ4n) is 1.31. The Morgan fingerprint density at radius 3 is 3.00 bits per heavy atom. The number of thioether (sulfide) groups is 1. The van der Waals surface area contributed by atoms with Gasteiger partial charge in [0.1, 0.15) is 0 Å². The van der Waals surface area contributed by atoms with Crippen LogP contribution in [0.2, 0.25) is 0 Å². The third-order valence-corrected chi connectivity index (χ3v) is 3.31. The SMILES string of the molecule is CNC(=O)CCCSc1cccc(CN)c1. The smallest absolute Gasteiger partial charge is 0.219 e. The summed E-state index contributed by atoms with van der Waals surface area (Å²) in [6.07, 6.45) is 1.50. The normalized spacial score (nSPS) is 10.1. The Labute approximate surface area is 101 Å². The number of hydrogen-bond donors (Lipinski definition) is 2. The summed E-state index contributed by atoms with van der Waals surface area (Å²) in [5.74, 6) is 1.07. The summed E-state index contributed by atoms with van der Waals surface area (Å²) < 4.78 is 0. The van der Waals surface area contributed by atoms with Gasteiger partial charge in [0.2, 0.25) is 5.91 Å². The molecule has 3 nitrogen and oxygen atoms in total. The van der Waals surface area contributed by atoms with E-state index in [0.717, 1.165) is 17.7 Å². The standard InChI is InChI=1S/C12H18N2OS/c1-14-12(15)6-3-7-16-11-5-2-4-10(8-11)9-13/h2,4-5,8H,3,6-7,9,13H2,1H3,(H,14,15). The van der Waals surface area contributed by atoms with Crippen LogP contribution in [0.5, 0.6) is 0 Å². The highest BCUT2D eigenvalue weighted by atomic mass is 32.2. The minimum Gasteiger partial charge on any atom is -0.359 e. The zero-order valence-corrected chi connectivity index (χ0v) is 10.3. The Morgan fingerprint density at radius 1 is 1.50 bits per heavy atom. The predicted molar refractivity (Wildman–Crippen MR) is 68.4 cm³/mol.